The zero-order chi connectivity index (χ0) is 22.0. The number of benzene rings is 1. The maximum absolute atomic E-state index is 12.6. The van der Waals surface area contributed by atoms with E-state index in [1.54, 1.807) is 0 Å². The van der Waals surface area contributed by atoms with Gasteiger partial charge in [0, 0.05) is 21.0 Å². The summed E-state index contributed by atoms with van der Waals surface area (Å²) >= 11 is 0. The van der Waals surface area contributed by atoms with Gasteiger partial charge in [-0.3, -0.25) is 23.5 Å². The number of rotatable bonds is 5. The van der Waals surface area contributed by atoms with E-state index < -0.39 is 17.3 Å². The normalized spacial score (nSPS) is 11.9. The van der Waals surface area contributed by atoms with Crippen LogP contribution >= 0.6 is 0 Å². The van der Waals surface area contributed by atoms with E-state index in [0.717, 1.165) is 15.7 Å². The lowest BCUT2D eigenvalue weighted by atomic mass is 10.0. The molecular formula is C21H23N5O4. The van der Waals surface area contributed by atoms with Gasteiger partial charge >= 0.3 is 5.69 Å². The fourth-order valence-electron chi connectivity index (χ4n) is 3.23. The Morgan fingerprint density at radius 2 is 1.77 bits per heavy atom. The third-order valence-electron chi connectivity index (χ3n) is 4.82. The van der Waals surface area contributed by atoms with Crippen LogP contribution in [0.4, 0.5) is 5.69 Å². The predicted molar refractivity (Wildman–Crippen MR) is 113 cm³/mol. The van der Waals surface area contributed by atoms with E-state index in [0.29, 0.717) is 5.69 Å². The fraction of sp³-hybridized carbons (Fsp3) is 0.286. The predicted octanol–water partition coefficient (Wildman–Crippen LogP) is 1.15. The molecule has 2 amide bonds. The average molecular weight is 409 g/mol. The number of hydrogen-bond donors (Lipinski definition) is 2. The Balaban J connectivity index is 1.86. The smallest absolute Gasteiger partial charge is 0.332 e. The van der Waals surface area contributed by atoms with Gasteiger partial charge in [-0.15, -0.1) is 0 Å². The van der Waals surface area contributed by atoms with Gasteiger partial charge in [-0.05, 0) is 18.6 Å². The second-order valence-electron chi connectivity index (χ2n) is 7.22. The zero-order valence-corrected chi connectivity index (χ0v) is 17.2. The van der Waals surface area contributed by atoms with Crippen molar-refractivity contribution in [3.63, 3.8) is 0 Å². The molecule has 0 bridgehead atoms. The molecule has 3 rings (SSSR count). The van der Waals surface area contributed by atoms with E-state index in [1.807, 2.05) is 31.2 Å². The second kappa shape index (κ2) is 8.32. The molecule has 1 aromatic carbocycles. The highest BCUT2D eigenvalue weighted by atomic mass is 16.2. The van der Waals surface area contributed by atoms with Gasteiger partial charge < -0.3 is 10.6 Å². The number of carbonyl (C=O) groups excluding carboxylic acids is 2. The molecule has 30 heavy (non-hydrogen) atoms. The minimum atomic E-state index is -0.495. The first kappa shape index (κ1) is 21.0. The Hall–Kier alpha value is -3.75. The quantitative estimate of drug-likeness (QED) is 0.656. The SMILES string of the molecule is CC(=O)NC(CC(=O)Nc1cnc2c(c1)c(=O)n(C)c(=O)n2C)c1ccc(C)cc1. The first-order valence-electron chi connectivity index (χ1n) is 9.36. The van der Waals surface area contributed by atoms with Gasteiger partial charge in [-0.1, -0.05) is 29.8 Å². The summed E-state index contributed by atoms with van der Waals surface area (Å²) in [5.74, 6) is -0.595. The Morgan fingerprint density at radius 3 is 2.40 bits per heavy atom. The Kier molecular flexibility index (Phi) is 5.81. The lowest BCUT2D eigenvalue weighted by Crippen LogP contribution is -2.37. The number of pyridine rings is 1. The van der Waals surface area contributed by atoms with Crippen LogP contribution in [0.5, 0.6) is 0 Å². The van der Waals surface area contributed by atoms with Gasteiger partial charge in [-0.2, -0.15) is 0 Å². The summed E-state index contributed by atoms with van der Waals surface area (Å²) < 4.78 is 2.26. The molecule has 0 aliphatic rings. The van der Waals surface area contributed by atoms with Crippen molar-refractivity contribution in [2.45, 2.75) is 26.3 Å². The molecule has 0 aliphatic heterocycles. The number of aromatic nitrogens is 3. The van der Waals surface area contributed by atoms with Crippen LogP contribution in [0.1, 0.15) is 30.5 Å². The molecule has 0 radical (unpaired) electrons. The minimum absolute atomic E-state index is 0.00592. The molecule has 3 aromatic rings. The number of fused-ring (bicyclic) bond motifs is 1. The number of nitrogens with zero attached hydrogens (tertiary/aromatic N) is 3. The molecule has 1 atom stereocenters. The Morgan fingerprint density at radius 1 is 1.10 bits per heavy atom. The van der Waals surface area contributed by atoms with Crippen molar-refractivity contribution in [1.82, 2.24) is 19.4 Å². The first-order valence-corrected chi connectivity index (χ1v) is 9.36. The monoisotopic (exact) mass is 409 g/mol. The summed E-state index contributed by atoms with van der Waals surface area (Å²) in [6.07, 6.45) is 1.39. The number of hydrogen-bond acceptors (Lipinski definition) is 5. The Labute approximate surface area is 172 Å². The molecule has 1 unspecified atom stereocenters. The molecule has 9 heteroatoms. The summed E-state index contributed by atoms with van der Waals surface area (Å²) in [5, 5.41) is 5.71. The molecule has 2 heterocycles. The Bertz CT molecular complexity index is 1240. The van der Waals surface area contributed by atoms with Crippen LogP contribution in [0, 0.1) is 6.92 Å². The fourth-order valence-corrected chi connectivity index (χ4v) is 3.23. The molecule has 9 nitrogen and oxygen atoms in total. The van der Waals surface area contributed by atoms with Crippen molar-refractivity contribution in [2.24, 2.45) is 14.1 Å². The maximum atomic E-state index is 12.6. The third-order valence-corrected chi connectivity index (χ3v) is 4.82. The third kappa shape index (κ3) is 4.29. The number of anilines is 1. The molecule has 0 spiro atoms. The zero-order valence-electron chi connectivity index (χ0n) is 17.2. The van der Waals surface area contributed by atoms with Gasteiger partial charge in [0.15, 0.2) is 0 Å². The summed E-state index contributed by atoms with van der Waals surface area (Å²) in [6.45, 7) is 3.35. The molecule has 0 saturated heterocycles. The van der Waals surface area contributed by atoms with Crippen LogP contribution in [0.15, 0.2) is 46.1 Å². The number of amides is 2. The molecule has 156 valence electrons. The van der Waals surface area contributed by atoms with Crippen molar-refractivity contribution in [3.8, 4) is 0 Å². The summed E-state index contributed by atoms with van der Waals surface area (Å²) in [5.41, 5.74) is 1.47. The summed E-state index contributed by atoms with van der Waals surface area (Å²) in [7, 11) is 2.91. The number of nitrogens with one attached hydrogen (secondary N) is 2. The van der Waals surface area contributed by atoms with Crippen LogP contribution in [-0.2, 0) is 23.7 Å². The van der Waals surface area contributed by atoms with Gasteiger partial charge in [0.2, 0.25) is 11.8 Å². The van der Waals surface area contributed by atoms with Crippen LogP contribution in [-0.4, -0.2) is 25.9 Å². The number of carbonyl (C=O) groups is 2. The van der Waals surface area contributed by atoms with E-state index in [2.05, 4.69) is 15.6 Å². The highest BCUT2D eigenvalue weighted by Gasteiger charge is 2.18. The topological polar surface area (TPSA) is 115 Å². The van der Waals surface area contributed by atoms with Crippen molar-refractivity contribution >= 4 is 28.5 Å². The van der Waals surface area contributed by atoms with Gasteiger partial charge in [0.1, 0.15) is 5.65 Å². The van der Waals surface area contributed by atoms with Crippen LogP contribution in [0.2, 0.25) is 0 Å². The standard InChI is InChI=1S/C21H23N5O4/c1-12-5-7-14(8-6-12)17(23-13(2)27)10-18(28)24-15-9-16-19(22-11-15)25(3)21(30)26(4)20(16)29/h5-9,11,17H,10H2,1-4H3,(H,23,27)(H,24,28). The molecule has 2 aromatic heterocycles. The minimum Gasteiger partial charge on any atom is -0.349 e. The van der Waals surface area contributed by atoms with E-state index in [-0.39, 0.29) is 29.3 Å². The highest BCUT2D eigenvalue weighted by Crippen LogP contribution is 2.19. The van der Waals surface area contributed by atoms with Gasteiger partial charge in [-0.25, -0.2) is 9.78 Å². The van der Waals surface area contributed by atoms with Crippen molar-refractivity contribution in [1.29, 1.82) is 0 Å². The van der Waals surface area contributed by atoms with E-state index in [4.69, 9.17) is 0 Å². The summed E-state index contributed by atoms with van der Waals surface area (Å²) in [6, 6.07) is 8.55. The number of aryl methyl sites for hydroxylation is 2. The van der Waals surface area contributed by atoms with Gasteiger partial charge in [0.25, 0.3) is 5.56 Å². The van der Waals surface area contributed by atoms with Crippen LogP contribution in [0.3, 0.4) is 0 Å². The molecule has 0 saturated carbocycles. The maximum Gasteiger partial charge on any atom is 0.332 e. The molecule has 0 fully saturated rings. The molecule has 2 N–H and O–H groups in total. The van der Waals surface area contributed by atoms with Crippen molar-refractivity contribution < 1.29 is 9.59 Å². The lowest BCUT2D eigenvalue weighted by Gasteiger charge is -2.18. The lowest BCUT2D eigenvalue weighted by molar-refractivity contribution is -0.120. The van der Waals surface area contributed by atoms with E-state index in [9.17, 15) is 19.2 Å². The van der Waals surface area contributed by atoms with Gasteiger partial charge in [0.05, 0.1) is 29.7 Å². The largest absolute Gasteiger partial charge is 0.349 e. The highest BCUT2D eigenvalue weighted by molar-refractivity contribution is 5.93. The second-order valence-corrected chi connectivity index (χ2v) is 7.22. The van der Waals surface area contributed by atoms with E-state index in [1.165, 1.54) is 37.8 Å². The van der Waals surface area contributed by atoms with Crippen molar-refractivity contribution in [3.05, 3.63) is 68.5 Å². The summed E-state index contributed by atoms with van der Waals surface area (Å²) in [4.78, 5) is 52.8. The first-order chi connectivity index (χ1) is 14.2. The molecular weight excluding hydrogens is 386 g/mol. The van der Waals surface area contributed by atoms with Crippen LogP contribution in [0.25, 0.3) is 11.0 Å². The van der Waals surface area contributed by atoms with Crippen LogP contribution < -0.4 is 21.9 Å². The van der Waals surface area contributed by atoms with E-state index >= 15 is 0 Å². The van der Waals surface area contributed by atoms with Crippen molar-refractivity contribution in [2.75, 3.05) is 5.32 Å². The molecule has 0 aliphatic carbocycles. The average Bonchev–Trinajstić information content (AvgIpc) is 2.70.